The summed E-state index contributed by atoms with van der Waals surface area (Å²) in [6, 6.07) is 10.7. The van der Waals surface area contributed by atoms with Gasteiger partial charge in [-0.2, -0.15) is 0 Å². The first-order valence-corrected chi connectivity index (χ1v) is 8.29. The van der Waals surface area contributed by atoms with Gasteiger partial charge in [-0.15, -0.1) is 0 Å². The van der Waals surface area contributed by atoms with Gasteiger partial charge in [0, 0.05) is 19.3 Å². The van der Waals surface area contributed by atoms with Gasteiger partial charge in [0.1, 0.15) is 17.5 Å². The van der Waals surface area contributed by atoms with Crippen LogP contribution in [-0.2, 0) is 6.54 Å². The van der Waals surface area contributed by atoms with Gasteiger partial charge in [-0.3, -0.25) is 0 Å². The van der Waals surface area contributed by atoms with Gasteiger partial charge >= 0.3 is 0 Å². The van der Waals surface area contributed by atoms with Crippen LogP contribution in [0.1, 0.15) is 37.5 Å². The number of aryl methyl sites for hydroxylation is 2. The van der Waals surface area contributed by atoms with Crippen molar-refractivity contribution in [2.75, 3.05) is 11.4 Å². The lowest BCUT2D eigenvalue weighted by molar-refractivity contribution is 0.605. The minimum Gasteiger partial charge on any atom is -0.346 e. The Hall–Kier alpha value is -2.43. The lowest BCUT2D eigenvalue weighted by atomic mass is 10.2. The lowest BCUT2D eigenvalue weighted by Crippen LogP contribution is -2.26. The smallest absolute Gasteiger partial charge is 0.132 e. The fourth-order valence-corrected chi connectivity index (χ4v) is 3.59. The highest BCUT2D eigenvalue weighted by atomic mass is 15.3. The fraction of sp³-hybridized carbons (Fsp3) is 0.389. The molecule has 118 valence electrons. The third-order valence-corrected chi connectivity index (χ3v) is 4.61. The summed E-state index contributed by atoms with van der Waals surface area (Å²) in [5.41, 5.74) is 2.30. The molecular formula is C18H21N5. The summed E-state index contributed by atoms with van der Waals surface area (Å²) in [7, 11) is 0. The van der Waals surface area contributed by atoms with Gasteiger partial charge in [0.2, 0.25) is 0 Å². The van der Waals surface area contributed by atoms with Crippen LogP contribution in [0.3, 0.4) is 0 Å². The topological polar surface area (TPSA) is 46.8 Å². The predicted octanol–water partition coefficient (Wildman–Crippen LogP) is 3.50. The van der Waals surface area contributed by atoms with E-state index >= 15 is 0 Å². The standard InChI is InChI=1S/C18H21N5/c1-3-22-15-8-5-4-7-14(15)21-18(22)16-9-6-12-23(16)17-10-11-19-13(2)20-17/h4-5,7-8,10-11,16H,3,6,9,12H2,1-2H3. The van der Waals surface area contributed by atoms with Gasteiger partial charge in [0.25, 0.3) is 0 Å². The maximum Gasteiger partial charge on any atom is 0.132 e. The summed E-state index contributed by atoms with van der Waals surface area (Å²) in [5.74, 6) is 2.98. The molecular weight excluding hydrogens is 286 g/mol. The van der Waals surface area contributed by atoms with Crippen LogP contribution in [0.15, 0.2) is 36.5 Å². The highest BCUT2D eigenvalue weighted by Gasteiger charge is 2.31. The second kappa shape index (κ2) is 5.65. The van der Waals surface area contributed by atoms with E-state index in [1.165, 1.54) is 11.9 Å². The van der Waals surface area contributed by atoms with Crippen molar-refractivity contribution in [2.45, 2.75) is 39.3 Å². The van der Waals surface area contributed by atoms with Crippen LogP contribution in [0.4, 0.5) is 5.82 Å². The molecule has 0 bridgehead atoms. The van der Waals surface area contributed by atoms with E-state index in [0.29, 0.717) is 0 Å². The SMILES string of the molecule is CCn1c(C2CCCN2c2ccnc(C)n2)nc2ccccc21. The van der Waals surface area contributed by atoms with Crippen molar-refractivity contribution in [3.05, 3.63) is 48.2 Å². The molecule has 0 radical (unpaired) electrons. The number of hydrogen-bond donors (Lipinski definition) is 0. The number of benzene rings is 1. The van der Waals surface area contributed by atoms with Gasteiger partial charge in [-0.1, -0.05) is 12.1 Å². The summed E-state index contributed by atoms with van der Waals surface area (Å²) in [5, 5.41) is 0. The van der Waals surface area contributed by atoms with Crippen molar-refractivity contribution >= 4 is 16.9 Å². The summed E-state index contributed by atoms with van der Waals surface area (Å²) in [4.78, 5) is 16.2. The molecule has 0 saturated carbocycles. The van der Waals surface area contributed by atoms with E-state index in [1.54, 1.807) is 0 Å². The third-order valence-electron chi connectivity index (χ3n) is 4.61. The molecule has 1 atom stereocenters. The van der Waals surface area contributed by atoms with E-state index in [4.69, 9.17) is 4.98 Å². The van der Waals surface area contributed by atoms with Crippen LogP contribution >= 0.6 is 0 Å². The first kappa shape index (κ1) is 14.2. The molecule has 0 spiro atoms. The molecule has 1 aliphatic heterocycles. The van der Waals surface area contributed by atoms with Crippen molar-refractivity contribution in [2.24, 2.45) is 0 Å². The Morgan fingerprint density at radius 3 is 2.87 bits per heavy atom. The zero-order valence-electron chi connectivity index (χ0n) is 13.6. The number of hydrogen-bond acceptors (Lipinski definition) is 4. The molecule has 0 N–H and O–H groups in total. The zero-order valence-corrected chi connectivity index (χ0v) is 13.6. The van der Waals surface area contributed by atoms with Crippen LogP contribution in [0.25, 0.3) is 11.0 Å². The van der Waals surface area contributed by atoms with Gasteiger partial charge in [0.05, 0.1) is 17.1 Å². The molecule has 5 heteroatoms. The van der Waals surface area contributed by atoms with Crippen molar-refractivity contribution in [1.29, 1.82) is 0 Å². The van der Waals surface area contributed by atoms with E-state index in [1.807, 2.05) is 19.2 Å². The van der Waals surface area contributed by atoms with E-state index in [2.05, 4.69) is 50.6 Å². The van der Waals surface area contributed by atoms with E-state index in [-0.39, 0.29) is 6.04 Å². The molecule has 2 aromatic heterocycles. The summed E-state index contributed by atoms with van der Waals surface area (Å²) < 4.78 is 2.34. The highest BCUT2D eigenvalue weighted by Crippen LogP contribution is 2.36. The van der Waals surface area contributed by atoms with E-state index in [9.17, 15) is 0 Å². The van der Waals surface area contributed by atoms with Crippen LogP contribution in [0.2, 0.25) is 0 Å². The van der Waals surface area contributed by atoms with Crippen molar-refractivity contribution < 1.29 is 0 Å². The number of fused-ring (bicyclic) bond motifs is 1. The Labute approximate surface area is 136 Å². The molecule has 5 nitrogen and oxygen atoms in total. The number of aromatic nitrogens is 4. The Morgan fingerprint density at radius 1 is 1.17 bits per heavy atom. The molecule has 1 saturated heterocycles. The summed E-state index contributed by atoms with van der Waals surface area (Å²) in [6.45, 7) is 6.08. The van der Waals surface area contributed by atoms with Crippen LogP contribution in [0.5, 0.6) is 0 Å². The highest BCUT2D eigenvalue weighted by molar-refractivity contribution is 5.76. The minimum absolute atomic E-state index is 0.289. The average molecular weight is 307 g/mol. The van der Waals surface area contributed by atoms with Gasteiger partial charge in [-0.05, 0) is 44.9 Å². The molecule has 4 rings (SSSR count). The number of anilines is 1. The zero-order chi connectivity index (χ0) is 15.8. The summed E-state index contributed by atoms with van der Waals surface area (Å²) in [6.07, 6.45) is 4.13. The van der Waals surface area contributed by atoms with Crippen LogP contribution < -0.4 is 4.90 Å². The Morgan fingerprint density at radius 2 is 2.04 bits per heavy atom. The number of para-hydroxylation sites is 2. The number of rotatable bonds is 3. The first-order valence-electron chi connectivity index (χ1n) is 8.29. The quantitative estimate of drug-likeness (QED) is 0.743. The average Bonchev–Trinajstić information content (AvgIpc) is 3.18. The molecule has 0 amide bonds. The van der Waals surface area contributed by atoms with Crippen molar-refractivity contribution in [3.8, 4) is 0 Å². The number of nitrogens with zero attached hydrogens (tertiary/aromatic N) is 5. The maximum absolute atomic E-state index is 4.94. The molecule has 23 heavy (non-hydrogen) atoms. The number of imidazole rings is 1. The molecule has 1 unspecified atom stereocenters. The molecule has 3 heterocycles. The Kier molecular flexibility index (Phi) is 3.48. The molecule has 0 aliphatic carbocycles. The minimum atomic E-state index is 0.289. The largest absolute Gasteiger partial charge is 0.346 e. The van der Waals surface area contributed by atoms with E-state index in [0.717, 1.165) is 42.5 Å². The Balaban J connectivity index is 1.80. The second-order valence-electron chi connectivity index (χ2n) is 6.02. The van der Waals surface area contributed by atoms with Gasteiger partial charge in [-0.25, -0.2) is 15.0 Å². The van der Waals surface area contributed by atoms with Gasteiger partial charge < -0.3 is 9.47 Å². The van der Waals surface area contributed by atoms with Crippen molar-refractivity contribution in [1.82, 2.24) is 19.5 Å². The maximum atomic E-state index is 4.94. The second-order valence-corrected chi connectivity index (χ2v) is 6.02. The predicted molar refractivity (Wildman–Crippen MR) is 91.5 cm³/mol. The third kappa shape index (κ3) is 2.36. The fourth-order valence-electron chi connectivity index (χ4n) is 3.59. The summed E-state index contributed by atoms with van der Waals surface area (Å²) >= 11 is 0. The Bertz CT molecular complexity index is 838. The van der Waals surface area contributed by atoms with Gasteiger partial charge in [0.15, 0.2) is 0 Å². The molecule has 1 aromatic carbocycles. The first-order chi connectivity index (χ1) is 11.3. The normalized spacial score (nSPS) is 18.0. The molecule has 1 aliphatic rings. The lowest BCUT2D eigenvalue weighted by Gasteiger charge is -2.26. The van der Waals surface area contributed by atoms with Crippen molar-refractivity contribution in [3.63, 3.8) is 0 Å². The monoisotopic (exact) mass is 307 g/mol. The van der Waals surface area contributed by atoms with Crippen LogP contribution in [-0.4, -0.2) is 26.1 Å². The molecule has 3 aromatic rings. The van der Waals surface area contributed by atoms with E-state index < -0.39 is 0 Å². The molecule has 1 fully saturated rings. The van der Waals surface area contributed by atoms with Crippen LogP contribution in [0, 0.1) is 6.92 Å².